The lowest BCUT2D eigenvalue weighted by molar-refractivity contribution is 0.0524. The lowest BCUT2D eigenvalue weighted by atomic mass is 10.1. The predicted molar refractivity (Wildman–Crippen MR) is 97.4 cm³/mol. The van der Waals surface area contributed by atoms with Crippen LogP contribution in [-0.4, -0.2) is 29.2 Å². The molecule has 152 valence electrons. The molecule has 0 atom stereocenters. The minimum absolute atomic E-state index is 0.0554. The van der Waals surface area contributed by atoms with E-state index in [1.807, 2.05) is 0 Å². The van der Waals surface area contributed by atoms with Crippen molar-refractivity contribution in [3.63, 3.8) is 0 Å². The number of esters is 1. The maximum Gasteiger partial charge on any atom is 0.343 e. The van der Waals surface area contributed by atoms with Crippen LogP contribution in [0.25, 0.3) is 16.7 Å². The maximum absolute atomic E-state index is 14.6. The minimum Gasteiger partial charge on any atom is -0.462 e. The van der Waals surface area contributed by atoms with E-state index in [-0.39, 0.29) is 28.9 Å². The Morgan fingerprint density at radius 3 is 2.48 bits per heavy atom. The molecule has 0 amide bonds. The van der Waals surface area contributed by atoms with Gasteiger partial charge in [0.25, 0.3) is 0 Å². The zero-order valence-electron chi connectivity index (χ0n) is 15.6. The summed E-state index contributed by atoms with van der Waals surface area (Å²) in [5.74, 6) is -6.60. The molecule has 0 aliphatic carbocycles. The van der Waals surface area contributed by atoms with Gasteiger partial charge in [0, 0.05) is 24.9 Å². The van der Waals surface area contributed by atoms with Crippen molar-refractivity contribution in [2.75, 3.05) is 19.0 Å². The molecular formula is C19H15F4N3O3. The van der Waals surface area contributed by atoms with Gasteiger partial charge in [-0.15, -0.1) is 0 Å². The van der Waals surface area contributed by atoms with Crippen LogP contribution in [0.1, 0.15) is 22.8 Å². The third-order valence-electron chi connectivity index (χ3n) is 4.28. The van der Waals surface area contributed by atoms with E-state index in [0.717, 1.165) is 10.8 Å². The first-order valence-corrected chi connectivity index (χ1v) is 8.46. The highest BCUT2D eigenvalue weighted by Crippen LogP contribution is 2.27. The number of hydrogen-bond donors (Lipinski definition) is 1. The van der Waals surface area contributed by atoms with Gasteiger partial charge in [-0.3, -0.25) is 9.36 Å². The van der Waals surface area contributed by atoms with Crippen LogP contribution in [0.3, 0.4) is 0 Å². The summed E-state index contributed by atoms with van der Waals surface area (Å²) in [5.41, 5.74) is -2.00. The fraction of sp³-hybridized carbons (Fsp3) is 0.211. The number of anilines is 1. The molecular weight excluding hydrogens is 394 g/mol. The molecule has 29 heavy (non-hydrogen) atoms. The number of carbonyl (C=O) groups is 1. The summed E-state index contributed by atoms with van der Waals surface area (Å²) >= 11 is 0. The highest BCUT2D eigenvalue weighted by atomic mass is 19.2. The average Bonchev–Trinajstić information content (AvgIpc) is 2.67. The molecule has 3 rings (SSSR count). The Balaban J connectivity index is 2.52. The lowest BCUT2D eigenvalue weighted by Crippen LogP contribution is -2.22. The monoisotopic (exact) mass is 409 g/mol. The van der Waals surface area contributed by atoms with Gasteiger partial charge >= 0.3 is 5.97 Å². The summed E-state index contributed by atoms with van der Waals surface area (Å²) in [6.07, 6.45) is 0.912. The van der Waals surface area contributed by atoms with Gasteiger partial charge in [-0.2, -0.15) is 0 Å². The number of benzene rings is 1. The molecule has 0 saturated heterocycles. The molecule has 0 aliphatic heterocycles. The number of ether oxygens (including phenoxy) is 1. The molecule has 3 aromatic rings. The lowest BCUT2D eigenvalue weighted by Gasteiger charge is -2.16. The number of hydrogen-bond acceptors (Lipinski definition) is 5. The quantitative estimate of drug-likeness (QED) is 0.528. The van der Waals surface area contributed by atoms with Gasteiger partial charge in [-0.05, 0) is 19.9 Å². The minimum atomic E-state index is -1.32. The highest BCUT2D eigenvalue weighted by Gasteiger charge is 2.24. The molecule has 0 fully saturated rings. The number of aromatic nitrogens is 2. The number of nitrogens with zero attached hydrogens (tertiary/aromatic N) is 2. The number of nitrogens with one attached hydrogen (secondary N) is 1. The number of rotatable bonds is 4. The van der Waals surface area contributed by atoms with Crippen molar-refractivity contribution >= 4 is 22.7 Å². The predicted octanol–water partition coefficient (Wildman–Crippen LogP) is 3.47. The van der Waals surface area contributed by atoms with Crippen molar-refractivity contribution in [1.29, 1.82) is 0 Å². The molecule has 2 heterocycles. The number of fused-ring (bicyclic) bond motifs is 1. The Hall–Kier alpha value is -3.43. The summed E-state index contributed by atoms with van der Waals surface area (Å²) < 4.78 is 62.3. The first kappa shape index (κ1) is 20.3. The van der Waals surface area contributed by atoms with E-state index in [9.17, 15) is 27.2 Å². The van der Waals surface area contributed by atoms with E-state index >= 15 is 0 Å². The van der Waals surface area contributed by atoms with Crippen molar-refractivity contribution in [1.82, 2.24) is 9.55 Å². The Kier molecular flexibility index (Phi) is 5.27. The number of aryl methyl sites for hydroxylation is 1. The largest absolute Gasteiger partial charge is 0.462 e. The second-order valence-corrected chi connectivity index (χ2v) is 6.03. The second-order valence-electron chi connectivity index (χ2n) is 6.03. The topological polar surface area (TPSA) is 73.2 Å². The van der Waals surface area contributed by atoms with Crippen molar-refractivity contribution < 1.29 is 27.1 Å². The van der Waals surface area contributed by atoms with Crippen LogP contribution in [0.4, 0.5) is 23.4 Å². The Labute approximate surface area is 161 Å². The summed E-state index contributed by atoms with van der Waals surface area (Å²) in [6.45, 7) is 2.64. The molecule has 10 heteroatoms. The fourth-order valence-corrected chi connectivity index (χ4v) is 2.95. The Bertz CT molecular complexity index is 1210. The molecule has 0 bridgehead atoms. The zero-order valence-corrected chi connectivity index (χ0v) is 15.6. The first-order chi connectivity index (χ1) is 13.7. The summed E-state index contributed by atoms with van der Waals surface area (Å²) in [6, 6.07) is 1.15. The van der Waals surface area contributed by atoms with Crippen LogP contribution in [0.2, 0.25) is 0 Å². The normalized spacial score (nSPS) is 11.0. The van der Waals surface area contributed by atoms with Crippen LogP contribution in [-0.2, 0) is 4.74 Å². The zero-order chi connectivity index (χ0) is 21.5. The van der Waals surface area contributed by atoms with Gasteiger partial charge in [0.1, 0.15) is 5.56 Å². The second kappa shape index (κ2) is 7.53. The van der Waals surface area contributed by atoms with Crippen LogP contribution >= 0.6 is 0 Å². The van der Waals surface area contributed by atoms with Crippen molar-refractivity contribution in [2.45, 2.75) is 13.8 Å². The molecule has 1 N–H and O–H groups in total. The fourth-order valence-electron chi connectivity index (χ4n) is 2.95. The summed E-state index contributed by atoms with van der Waals surface area (Å²) in [7, 11) is 1.35. The van der Waals surface area contributed by atoms with Gasteiger partial charge in [0.15, 0.2) is 34.9 Å². The Morgan fingerprint density at radius 1 is 1.17 bits per heavy atom. The number of halogens is 4. The Morgan fingerprint density at radius 2 is 1.86 bits per heavy atom. The smallest absolute Gasteiger partial charge is 0.343 e. The van der Waals surface area contributed by atoms with Gasteiger partial charge in [-0.25, -0.2) is 27.3 Å². The first-order valence-electron chi connectivity index (χ1n) is 8.46. The van der Waals surface area contributed by atoms with Gasteiger partial charge in [-0.1, -0.05) is 0 Å². The molecule has 1 aromatic carbocycles. The van der Waals surface area contributed by atoms with Gasteiger partial charge < -0.3 is 10.1 Å². The molecule has 0 aliphatic rings. The summed E-state index contributed by atoms with van der Waals surface area (Å²) in [4.78, 5) is 28.7. The van der Waals surface area contributed by atoms with E-state index < -0.39 is 46.0 Å². The van der Waals surface area contributed by atoms with Crippen LogP contribution < -0.4 is 10.7 Å². The average molecular weight is 409 g/mol. The third-order valence-corrected chi connectivity index (χ3v) is 4.28. The molecule has 2 aromatic heterocycles. The molecule has 0 unspecified atom stereocenters. The maximum atomic E-state index is 14.6. The van der Waals surface area contributed by atoms with Crippen molar-refractivity contribution in [3.8, 4) is 5.82 Å². The third kappa shape index (κ3) is 3.30. The number of carbonyl (C=O) groups excluding carboxylic acids is 1. The van der Waals surface area contributed by atoms with Crippen LogP contribution in [0, 0.1) is 30.2 Å². The SMILES string of the molecule is CCOC(=O)c1cn(-c2nc(NC)c(F)cc2F)c2c(C)c(F)c(F)cc2c1=O. The standard InChI is InChI=1S/C19H15F4N3O3/c1-4-29-19(28)10-7-26(18-13(22)6-12(21)17(24-3)25-18)15-8(2)14(23)11(20)5-9(15)16(10)27/h5-7H,4H2,1-3H3,(H,24,25). The van der Waals surface area contributed by atoms with E-state index in [1.54, 1.807) is 0 Å². The van der Waals surface area contributed by atoms with Gasteiger partial charge in [0.2, 0.25) is 5.43 Å². The molecule has 0 spiro atoms. The summed E-state index contributed by atoms with van der Waals surface area (Å²) in [5, 5.41) is 2.05. The van der Waals surface area contributed by atoms with Gasteiger partial charge in [0.05, 0.1) is 17.5 Å². The van der Waals surface area contributed by atoms with Crippen molar-refractivity contribution in [3.05, 3.63) is 62.9 Å². The molecule has 0 radical (unpaired) electrons. The van der Waals surface area contributed by atoms with E-state index in [0.29, 0.717) is 12.1 Å². The van der Waals surface area contributed by atoms with Crippen LogP contribution in [0.5, 0.6) is 0 Å². The van der Waals surface area contributed by atoms with E-state index in [1.165, 1.54) is 20.9 Å². The number of pyridine rings is 2. The highest BCUT2D eigenvalue weighted by molar-refractivity contribution is 5.95. The van der Waals surface area contributed by atoms with E-state index in [4.69, 9.17) is 4.74 Å². The molecule has 0 saturated carbocycles. The van der Waals surface area contributed by atoms with Crippen LogP contribution in [0.15, 0.2) is 23.1 Å². The van der Waals surface area contributed by atoms with E-state index in [2.05, 4.69) is 10.3 Å². The van der Waals surface area contributed by atoms with Crippen molar-refractivity contribution in [2.24, 2.45) is 0 Å². The molecule has 6 nitrogen and oxygen atoms in total.